The van der Waals surface area contributed by atoms with Crippen molar-refractivity contribution in [2.45, 2.75) is 27.3 Å². The second-order valence-corrected chi connectivity index (χ2v) is 11.6. The molecule has 11 heteroatoms. The number of anilines is 2. The molecule has 0 unspecified atom stereocenters. The van der Waals surface area contributed by atoms with Crippen molar-refractivity contribution in [3.8, 4) is 0 Å². The summed E-state index contributed by atoms with van der Waals surface area (Å²) in [7, 11) is -3.72. The van der Waals surface area contributed by atoms with Crippen LogP contribution in [0, 0.1) is 6.92 Å². The molecule has 2 aromatic heterocycles. The largest absolute Gasteiger partial charge is 0.352 e. The lowest BCUT2D eigenvalue weighted by Gasteiger charge is -2.10. The first-order chi connectivity index (χ1) is 16.8. The highest BCUT2D eigenvalue weighted by Crippen LogP contribution is 2.35. The van der Waals surface area contributed by atoms with E-state index in [0.717, 1.165) is 31.2 Å². The highest BCUT2D eigenvalue weighted by molar-refractivity contribution is 8.01. The molecule has 0 bridgehead atoms. The molecule has 1 amide bonds. The molecular weight excluding hydrogens is 502 g/mol. The van der Waals surface area contributed by atoms with Crippen molar-refractivity contribution in [3.63, 3.8) is 0 Å². The number of carbonyl (C=O) groups is 1. The number of amides is 1. The molecule has 0 radical (unpaired) electrons. The van der Waals surface area contributed by atoms with Gasteiger partial charge in [0.2, 0.25) is 10.0 Å². The number of aromatic nitrogens is 2. The second-order valence-electron chi connectivity index (χ2n) is 7.60. The van der Waals surface area contributed by atoms with Crippen LogP contribution in [0.3, 0.4) is 0 Å². The Kier molecular flexibility index (Phi) is 7.81. The quantitative estimate of drug-likeness (QED) is 0.296. The van der Waals surface area contributed by atoms with Gasteiger partial charge in [-0.05, 0) is 60.9 Å². The minimum Gasteiger partial charge on any atom is -0.352 e. The molecule has 0 aliphatic carbocycles. The predicted molar refractivity (Wildman–Crippen MR) is 139 cm³/mol. The van der Waals surface area contributed by atoms with Crippen LogP contribution in [0.15, 0.2) is 87.1 Å². The summed E-state index contributed by atoms with van der Waals surface area (Å²) >= 11 is 3.05. The first-order valence-electron chi connectivity index (χ1n) is 10.6. The molecule has 0 atom stereocenters. The van der Waals surface area contributed by atoms with Crippen LogP contribution in [0.25, 0.3) is 0 Å². The lowest BCUT2D eigenvalue weighted by Crippen LogP contribution is -2.26. The van der Waals surface area contributed by atoms with Gasteiger partial charge in [-0.15, -0.1) is 0 Å². The summed E-state index contributed by atoms with van der Waals surface area (Å²) < 4.78 is 23.7. The zero-order valence-corrected chi connectivity index (χ0v) is 21.2. The third kappa shape index (κ3) is 6.89. The topological polar surface area (TPSA) is 127 Å². The number of sulfonamides is 1. The van der Waals surface area contributed by atoms with Crippen molar-refractivity contribution in [3.05, 3.63) is 89.7 Å². The van der Waals surface area contributed by atoms with Gasteiger partial charge in [0.15, 0.2) is 5.13 Å². The Balaban J connectivity index is 1.35. The summed E-state index contributed by atoms with van der Waals surface area (Å²) in [6.07, 6.45) is 4.08. The van der Waals surface area contributed by atoms with Crippen LogP contribution in [0.1, 0.15) is 21.5 Å². The van der Waals surface area contributed by atoms with Crippen LogP contribution in [-0.4, -0.2) is 30.8 Å². The van der Waals surface area contributed by atoms with E-state index in [9.17, 15) is 13.2 Å². The molecule has 4 N–H and O–H groups in total. The van der Waals surface area contributed by atoms with Crippen molar-refractivity contribution in [2.24, 2.45) is 5.14 Å². The minimum absolute atomic E-state index is 0.0656. The lowest BCUT2D eigenvalue weighted by atomic mass is 10.1. The maximum atomic E-state index is 12.8. The van der Waals surface area contributed by atoms with Crippen LogP contribution in [0.4, 0.5) is 10.9 Å². The van der Waals surface area contributed by atoms with Crippen LogP contribution in [0.5, 0.6) is 0 Å². The number of nitrogens with one attached hydrogen (secondary N) is 2. The van der Waals surface area contributed by atoms with Gasteiger partial charge in [0, 0.05) is 23.2 Å². The van der Waals surface area contributed by atoms with Crippen LogP contribution in [-0.2, 0) is 16.4 Å². The number of thiazole rings is 1. The normalized spacial score (nSPS) is 11.3. The molecule has 35 heavy (non-hydrogen) atoms. The van der Waals surface area contributed by atoms with Gasteiger partial charge >= 0.3 is 0 Å². The van der Waals surface area contributed by atoms with Crippen LogP contribution >= 0.6 is 23.1 Å². The summed E-state index contributed by atoms with van der Waals surface area (Å²) in [5, 5.41) is 12.0. The van der Waals surface area contributed by atoms with E-state index in [1.807, 2.05) is 43.3 Å². The van der Waals surface area contributed by atoms with Gasteiger partial charge in [0.05, 0.1) is 15.3 Å². The van der Waals surface area contributed by atoms with Gasteiger partial charge in [-0.25, -0.2) is 23.5 Å². The average molecular weight is 526 g/mol. The van der Waals surface area contributed by atoms with Gasteiger partial charge in [-0.3, -0.25) is 4.79 Å². The molecule has 0 spiro atoms. The molecule has 2 aromatic carbocycles. The molecule has 8 nitrogen and oxygen atoms in total. The molecular formula is C24H23N5O3S3. The minimum atomic E-state index is -3.72. The molecule has 0 aliphatic heterocycles. The molecule has 4 rings (SSSR count). The van der Waals surface area contributed by atoms with E-state index in [4.69, 9.17) is 5.14 Å². The highest BCUT2D eigenvalue weighted by atomic mass is 32.2. The Labute approximate surface area is 212 Å². The van der Waals surface area contributed by atoms with E-state index in [-0.39, 0.29) is 10.8 Å². The van der Waals surface area contributed by atoms with E-state index in [1.54, 1.807) is 24.5 Å². The Hall–Kier alpha value is -3.25. The smallest absolute Gasteiger partial charge is 0.251 e. The number of nitrogens with two attached hydrogens (primary N) is 1. The van der Waals surface area contributed by atoms with E-state index in [2.05, 4.69) is 20.6 Å². The summed E-state index contributed by atoms with van der Waals surface area (Å²) in [5.74, 6) is 0.570. The zero-order chi connectivity index (χ0) is 24.8. The summed E-state index contributed by atoms with van der Waals surface area (Å²) in [5.41, 5.74) is 2.39. The van der Waals surface area contributed by atoms with Gasteiger partial charge in [-0.2, -0.15) is 0 Å². The number of pyridine rings is 1. The number of hydrogen-bond donors (Lipinski definition) is 3. The molecule has 0 fully saturated rings. The number of benzene rings is 2. The lowest BCUT2D eigenvalue weighted by molar-refractivity contribution is 0.0953. The van der Waals surface area contributed by atoms with Gasteiger partial charge in [0.25, 0.3) is 5.91 Å². The van der Waals surface area contributed by atoms with Crippen molar-refractivity contribution in [2.75, 3.05) is 11.9 Å². The highest BCUT2D eigenvalue weighted by Gasteiger charge is 2.12. The standard InChI is InChI=1S/C24H23N5O3S3/c1-16-5-8-18(33-22-15-28-24(34-22)29-21-4-2-3-12-26-21)14-20(16)23(30)27-13-11-17-6-9-19(10-7-17)35(25,31)32/h2-10,12,14-15H,11,13H2,1H3,(H,27,30)(H2,25,31,32)(H,26,28,29). The Morgan fingerprint density at radius 2 is 1.89 bits per heavy atom. The maximum absolute atomic E-state index is 12.8. The fourth-order valence-electron chi connectivity index (χ4n) is 3.20. The molecule has 2 heterocycles. The Morgan fingerprint density at radius 1 is 1.09 bits per heavy atom. The van der Waals surface area contributed by atoms with Gasteiger partial charge < -0.3 is 10.6 Å². The first kappa shape index (κ1) is 24.9. The maximum Gasteiger partial charge on any atom is 0.251 e. The van der Waals surface area contributed by atoms with E-state index in [0.29, 0.717) is 18.5 Å². The van der Waals surface area contributed by atoms with Crippen LogP contribution < -0.4 is 15.8 Å². The van der Waals surface area contributed by atoms with Crippen LogP contribution in [0.2, 0.25) is 0 Å². The van der Waals surface area contributed by atoms with Crippen molar-refractivity contribution in [1.82, 2.24) is 15.3 Å². The van der Waals surface area contributed by atoms with E-state index in [1.165, 1.54) is 35.2 Å². The molecule has 0 aliphatic rings. The molecule has 180 valence electrons. The first-order valence-corrected chi connectivity index (χ1v) is 13.8. The van der Waals surface area contributed by atoms with Crippen molar-refractivity contribution in [1.29, 1.82) is 0 Å². The predicted octanol–water partition coefficient (Wildman–Crippen LogP) is 4.36. The van der Waals surface area contributed by atoms with Gasteiger partial charge in [-0.1, -0.05) is 47.4 Å². The summed E-state index contributed by atoms with van der Waals surface area (Å²) in [6, 6.07) is 17.7. The molecule has 4 aromatic rings. The fourth-order valence-corrected chi connectivity index (χ4v) is 5.61. The summed E-state index contributed by atoms with van der Waals surface area (Å²) in [6.45, 7) is 2.32. The number of hydrogen-bond acceptors (Lipinski definition) is 8. The van der Waals surface area contributed by atoms with E-state index < -0.39 is 10.0 Å². The number of rotatable bonds is 9. The van der Waals surface area contributed by atoms with Crippen molar-refractivity contribution >= 4 is 50.0 Å². The Morgan fingerprint density at radius 3 is 2.60 bits per heavy atom. The fraction of sp³-hybridized carbons (Fsp3) is 0.125. The average Bonchev–Trinajstić information content (AvgIpc) is 3.27. The number of primary sulfonamides is 1. The van der Waals surface area contributed by atoms with Gasteiger partial charge in [0.1, 0.15) is 5.82 Å². The number of aryl methyl sites for hydroxylation is 1. The number of carbonyl (C=O) groups excluding carboxylic acids is 1. The van der Waals surface area contributed by atoms with Crippen molar-refractivity contribution < 1.29 is 13.2 Å². The van der Waals surface area contributed by atoms with E-state index >= 15 is 0 Å². The molecule has 0 saturated heterocycles. The SMILES string of the molecule is Cc1ccc(Sc2cnc(Nc3ccccn3)s2)cc1C(=O)NCCc1ccc(S(N)(=O)=O)cc1. The zero-order valence-electron chi connectivity index (χ0n) is 18.8. The number of nitrogens with zero attached hydrogens (tertiary/aromatic N) is 2. The summed E-state index contributed by atoms with van der Waals surface area (Å²) in [4.78, 5) is 22.5. The second kappa shape index (κ2) is 11.0. The third-order valence-corrected chi connectivity index (χ3v) is 7.94. The Bertz CT molecular complexity index is 1420. The molecule has 0 saturated carbocycles. The monoisotopic (exact) mass is 525 g/mol. The third-order valence-electron chi connectivity index (χ3n) is 5.01.